The number of benzene rings is 1. The average molecular weight is 434 g/mol. The zero-order chi connectivity index (χ0) is 22.1. The van der Waals surface area contributed by atoms with E-state index in [9.17, 15) is 14.4 Å². The standard InChI is InChI=1S/C20H21FN4O6.H2/c1-8-12-4-10-5-20(17(26)22-19(28)23-18(20)27)16-9(2)30-11(7-29-3)6-25(16)14(10)13(21)15(12)31-24-8;/h4,9,11,16H,5-7H2,1-3H3,(H2,22,23,26,27,28);1H/t9-,11-,16+;/m0./s1. The topological polar surface area (TPSA) is 123 Å². The lowest BCUT2D eigenvalue weighted by atomic mass is 9.66. The number of imide groups is 2. The number of amides is 4. The van der Waals surface area contributed by atoms with Gasteiger partial charge in [0.2, 0.25) is 17.4 Å². The molecule has 3 aliphatic heterocycles. The number of anilines is 1. The van der Waals surface area contributed by atoms with Crippen molar-refractivity contribution in [1.82, 2.24) is 15.8 Å². The van der Waals surface area contributed by atoms with Crippen LogP contribution in [0.1, 0.15) is 19.6 Å². The molecule has 31 heavy (non-hydrogen) atoms. The first-order valence-electron chi connectivity index (χ1n) is 9.93. The van der Waals surface area contributed by atoms with E-state index in [1.807, 2.05) is 0 Å². The molecule has 4 heterocycles. The summed E-state index contributed by atoms with van der Waals surface area (Å²) in [5.74, 6) is -2.07. The van der Waals surface area contributed by atoms with Crippen molar-refractivity contribution in [3.8, 4) is 0 Å². The van der Waals surface area contributed by atoms with Crippen molar-refractivity contribution >= 4 is 34.5 Å². The molecule has 0 radical (unpaired) electrons. The second-order valence-electron chi connectivity index (χ2n) is 8.24. The number of fused-ring (bicyclic) bond motifs is 5. The summed E-state index contributed by atoms with van der Waals surface area (Å²) >= 11 is 0. The lowest BCUT2D eigenvalue weighted by Gasteiger charge is -2.55. The molecule has 0 unspecified atom stereocenters. The number of methoxy groups -OCH3 is 1. The number of urea groups is 1. The van der Waals surface area contributed by atoms with Crippen molar-refractivity contribution in [2.75, 3.05) is 25.2 Å². The van der Waals surface area contributed by atoms with Gasteiger partial charge in [-0.05, 0) is 25.5 Å². The Labute approximate surface area is 177 Å². The second kappa shape index (κ2) is 6.72. The van der Waals surface area contributed by atoms with Crippen LogP contribution in [0.2, 0.25) is 0 Å². The van der Waals surface area contributed by atoms with Crippen LogP contribution < -0.4 is 15.5 Å². The van der Waals surface area contributed by atoms with Gasteiger partial charge in [-0.1, -0.05) is 5.16 Å². The number of halogens is 1. The van der Waals surface area contributed by atoms with Crippen LogP contribution in [0.15, 0.2) is 10.6 Å². The van der Waals surface area contributed by atoms with Gasteiger partial charge >= 0.3 is 6.03 Å². The summed E-state index contributed by atoms with van der Waals surface area (Å²) in [7, 11) is 1.53. The number of morpholine rings is 1. The van der Waals surface area contributed by atoms with E-state index < -0.39 is 47.3 Å². The molecule has 11 heteroatoms. The molecule has 1 spiro atoms. The number of carbonyl (C=O) groups excluding carboxylic acids is 3. The molecule has 0 bridgehead atoms. The van der Waals surface area contributed by atoms with Crippen LogP contribution in [0, 0.1) is 18.2 Å². The Bertz CT molecular complexity index is 1120. The first kappa shape index (κ1) is 19.9. The van der Waals surface area contributed by atoms with Gasteiger partial charge in [-0.2, -0.15) is 0 Å². The van der Waals surface area contributed by atoms with E-state index in [2.05, 4.69) is 15.8 Å². The first-order valence-corrected chi connectivity index (χ1v) is 9.93. The summed E-state index contributed by atoms with van der Waals surface area (Å²) in [5, 5.41) is 8.73. The van der Waals surface area contributed by atoms with E-state index >= 15 is 4.39 Å². The highest BCUT2D eigenvalue weighted by molar-refractivity contribution is 6.20. The zero-order valence-electron chi connectivity index (χ0n) is 17.2. The van der Waals surface area contributed by atoms with Crippen LogP contribution in [0.4, 0.5) is 14.9 Å². The Kier molecular flexibility index (Phi) is 4.31. The number of ether oxygens (including phenoxy) is 2. The van der Waals surface area contributed by atoms with E-state index in [-0.39, 0.29) is 32.3 Å². The van der Waals surface area contributed by atoms with Crippen LogP contribution in [0.3, 0.4) is 0 Å². The molecule has 2 fully saturated rings. The van der Waals surface area contributed by atoms with Crippen molar-refractivity contribution in [3.63, 3.8) is 0 Å². The first-order chi connectivity index (χ1) is 14.8. The Morgan fingerprint density at radius 2 is 2.06 bits per heavy atom. The highest BCUT2D eigenvalue weighted by Gasteiger charge is 2.63. The number of nitrogens with one attached hydrogen (secondary N) is 2. The third kappa shape index (κ3) is 2.62. The molecule has 2 aromatic rings. The lowest BCUT2D eigenvalue weighted by Crippen LogP contribution is -2.75. The Balaban J connectivity index is 0.00000245. The van der Waals surface area contributed by atoms with Crippen LogP contribution in [0.25, 0.3) is 11.0 Å². The Hall–Kier alpha value is -3.05. The zero-order valence-corrected chi connectivity index (χ0v) is 17.2. The predicted molar refractivity (Wildman–Crippen MR) is 106 cm³/mol. The number of aromatic nitrogens is 1. The molecule has 3 atom stereocenters. The van der Waals surface area contributed by atoms with E-state index in [0.717, 1.165) is 0 Å². The fourth-order valence-corrected chi connectivity index (χ4v) is 5.22. The highest BCUT2D eigenvalue weighted by atomic mass is 19.1. The van der Waals surface area contributed by atoms with Gasteiger partial charge < -0.3 is 18.9 Å². The van der Waals surface area contributed by atoms with Crippen LogP contribution >= 0.6 is 0 Å². The number of carbonyl (C=O) groups is 3. The molecule has 166 valence electrons. The maximum atomic E-state index is 15.7. The smallest absolute Gasteiger partial charge is 0.328 e. The molecule has 0 aliphatic carbocycles. The molecule has 10 nitrogen and oxygen atoms in total. The van der Waals surface area contributed by atoms with Gasteiger partial charge in [0, 0.05) is 26.9 Å². The van der Waals surface area contributed by atoms with Crippen LogP contribution in [-0.4, -0.2) is 61.5 Å². The Morgan fingerprint density at radius 3 is 2.74 bits per heavy atom. The molecule has 5 rings (SSSR count). The van der Waals surface area contributed by atoms with Gasteiger partial charge in [0.15, 0.2) is 11.2 Å². The number of hydrogen-bond donors (Lipinski definition) is 2. The third-order valence-corrected chi connectivity index (χ3v) is 6.40. The van der Waals surface area contributed by atoms with Crippen LogP contribution in [-0.2, 0) is 25.5 Å². The van der Waals surface area contributed by atoms with Crippen molar-refractivity contribution in [2.24, 2.45) is 5.41 Å². The lowest BCUT2D eigenvalue weighted by molar-refractivity contribution is -0.155. The summed E-state index contributed by atoms with van der Waals surface area (Å²) < 4.78 is 32.1. The Morgan fingerprint density at radius 1 is 1.35 bits per heavy atom. The van der Waals surface area contributed by atoms with Gasteiger partial charge in [-0.15, -0.1) is 0 Å². The third-order valence-electron chi connectivity index (χ3n) is 6.40. The molecule has 1 aromatic heterocycles. The second-order valence-corrected chi connectivity index (χ2v) is 8.24. The van der Waals surface area contributed by atoms with Gasteiger partial charge in [-0.3, -0.25) is 20.2 Å². The van der Waals surface area contributed by atoms with Crippen LogP contribution in [0.5, 0.6) is 0 Å². The summed E-state index contributed by atoms with van der Waals surface area (Å²) in [4.78, 5) is 39.7. The molecular formula is C20H23FN4O6. The predicted octanol–water partition coefficient (Wildman–Crippen LogP) is 1.04. The van der Waals surface area contributed by atoms with E-state index in [0.29, 0.717) is 16.6 Å². The van der Waals surface area contributed by atoms with Crippen molar-refractivity contribution in [2.45, 2.75) is 38.5 Å². The quantitative estimate of drug-likeness (QED) is 0.672. The summed E-state index contributed by atoms with van der Waals surface area (Å²) in [6, 6.07) is -0.0340. The minimum Gasteiger partial charge on any atom is -0.382 e. The van der Waals surface area contributed by atoms with E-state index in [1.165, 1.54) is 7.11 Å². The number of hydrogen-bond acceptors (Lipinski definition) is 8. The molecule has 0 saturated carbocycles. The summed E-state index contributed by atoms with van der Waals surface area (Å²) in [5.41, 5.74) is -0.469. The van der Waals surface area contributed by atoms with Gasteiger partial charge in [0.25, 0.3) is 0 Å². The molecular weight excluding hydrogens is 411 g/mol. The maximum Gasteiger partial charge on any atom is 0.328 e. The maximum absolute atomic E-state index is 15.7. The van der Waals surface area contributed by atoms with Gasteiger partial charge in [0.05, 0.1) is 36.2 Å². The molecule has 3 aliphatic rings. The average Bonchev–Trinajstić information content (AvgIpc) is 3.07. The minimum absolute atomic E-state index is 0. The molecule has 1 aromatic carbocycles. The number of aryl methyl sites for hydroxylation is 1. The highest BCUT2D eigenvalue weighted by Crippen LogP contribution is 2.49. The van der Waals surface area contributed by atoms with Crippen molar-refractivity contribution in [3.05, 3.63) is 23.1 Å². The monoisotopic (exact) mass is 434 g/mol. The van der Waals surface area contributed by atoms with E-state index in [4.69, 9.17) is 14.0 Å². The fourth-order valence-electron chi connectivity index (χ4n) is 5.22. The fraction of sp³-hybridized carbons (Fsp3) is 0.500. The van der Waals surface area contributed by atoms with Crippen molar-refractivity contribution in [1.29, 1.82) is 0 Å². The summed E-state index contributed by atoms with van der Waals surface area (Å²) in [6.07, 6.45) is -1.16. The minimum atomic E-state index is -1.68. The van der Waals surface area contributed by atoms with Gasteiger partial charge in [-0.25, -0.2) is 9.18 Å². The molecule has 2 saturated heterocycles. The normalized spacial score (nSPS) is 27.2. The number of nitrogens with zero attached hydrogens (tertiary/aromatic N) is 2. The number of barbiturate groups is 1. The van der Waals surface area contributed by atoms with Gasteiger partial charge in [0.1, 0.15) is 0 Å². The SMILES string of the molecule is COC[C@@H]1CN2c3c(cc4c(C)noc4c3F)CC3(C(=O)NC(=O)NC3=O)[C@H]2[C@H](C)O1.[HH]. The molecule has 4 amide bonds. The van der Waals surface area contributed by atoms with E-state index in [1.54, 1.807) is 24.8 Å². The largest absolute Gasteiger partial charge is 0.382 e. The summed E-state index contributed by atoms with van der Waals surface area (Å²) in [6.45, 7) is 3.83. The molecule has 2 N–H and O–H groups in total. The van der Waals surface area contributed by atoms with Crippen molar-refractivity contribution < 1.29 is 34.2 Å². The number of rotatable bonds is 2.